The molecule has 0 saturated heterocycles. The quantitative estimate of drug-likeness (QED) is 0.182. The lowest BCUT2D eigenvalue weighted by Crippen LogP contribution is -1.85. The summed E-state index contributed by atoms with van der Waals surface area (Å²) in [7, 11) is 0. The monoisotopic (exact) mass is 541 g/mol. The first-order valence-corrected chi connectivity index (χ1v) is 13.5. The topological polar surface area (TPSA) is 23.8 Å². The summed E-state index contributed by atoms with van der Waals surface area (Å²) >= 11 is 10.5. The number of unbranched alkanes of at least 4 members (excludes halogenated alkanes) is 9. The van der Waals surface area contributed by atoms with Gasteiger partial charge in [0.25, 0.3) is 0 Å². The Kier molecular flexibility index (Phi) is 11.7. The summed E-state index contributed by atoms with van der Waals surface area (Å²) in [6.07, 6.45) is 16.8. The van der Waals surface area contributed by atoms with Crippen molar-refractivity contribution < 1.29 is 0 Å². The zero-order valence-electron chi connectivity index (χ0n) is 16.6. The Morgan fingerprint density at radius 3 is 2.18 bits per heavy atom. The molecule has 0 amide bonds. The third-order valence-corrected chi connectivity index (χ3v) is 8.39. The highest BCUT2D eigenvalue weighted by Gasteiger charge is 2.09. The smallest absolute Gasteiger partial charge is 0.101 e. The van der Waals surface area contributed by atoms with Crippen molar-refractivity contribution in [2.24, 2.45) is 0 Å². The van der Waals surface area contributed by atoms with Gasteiger partial charge in [-0.2, -0.15) is 5.26 Å². The van der Waals surface area contributed by atoms with Gasteiger partial charge >= 0.3 is 0 Å². The van der Waals surface area contributed by atoms with Crippen molar-refractivity contribution >= 4 is 66.2 Å². The van der Waals surface area contributed by atoms with E-state index in [1.807, 2.05) is 18.2 Å². The number of nitriles is 1. The second-order valence-electron chi connectivity index (χ2n) is 7.15. The molecule has 0 N–H and O–H groups in total. The van der Waals surface area contributed by atoms with E-state index in [4.69, 9.17) is 0 Å². The number of halogens is 2. The van der Waals surface area contributed by atoms with Crippen molar-refractivity contribution in [1.82, 2.24) is 0 Å². The van der Waals surface area contributed by atoms with Gasteiger partial charge in [0.05, 0.1) is 13.1 Å². The number of rotatable bonds is 13. The average molecular weight is 543 g/mol. The van der Waals surface area contributed by atoms with E-state index in [9.17, 15) is 5.26 Å². The minimum atomic E-state index is 0.731. The van der Waals surface area contributed by atoms with Gasteiger partial charge < -0.3 is 0 Å². The van der Waals surface area contributed by atoms with E-state index >= 15 is 0 Å². The molecule has 28 heavy (non-hydrogen) atoms. The minimum absolute atomic E-state index is 0.731. The van der Waals surface area contributed by atoms with Crippen LogP contribution in [0.3, 0.4) is 0 Å². The van der Waals surface area contributed by atoms with E-state index in [-0.39, 0.29) is 0 Å². The molecule has 0 aliphatic carbocycles. The summed E-state index contributed by atoms with van der Waals surface area (Å²) < 4.78 is 2.26. The van der Waals surface area contributed by atoms with Crippen molar-refractivity contribution in [2.75, 3.05) is 0 Å². The predicted molar refractivity (Wildman–Crippen MR) is 133 cm³/mol. The SMILES string of the molecule is CCCCCCCCCCCCc1cc(/C=C(\C#N)c2ccc(Br)s2)sc1Br. The molecule has 0 unspecified atom stereocenters. The van der Waals surface area contributed by atoms with Crippen LogP contribution in [-0.4, -0.2) is 0 Å². The lowest BCUT2D eigenvalue weighted by Gasteiger charge is -2.02. The lowest BCUT2D eigenvalue weighted by molar-refractivity contribution is 0.556. The molecule has 0 atom stereocenters. The van der Waals surface area contributed by atoms with E-state index < -0.39 is 0 Å². The zero-order chi connectivity index (χ0) is 20.2. The van der Waals surface area contributed by atoms with Crippen molar-refractivity contribution in [2.45, 2.75) is 77.6 Å². The van der Waals surface area contributed by atoms with Crippen LogP contribution in [0.25, 0.3) is 11.6 Å². The summed E-state index contributed by atoms with van der Waals surface area (Å²) in [5.74, 6) is 0. The van der Waals surface area contributed by atoms with Gasteiger partial charge in [-0.3, -0.25) is 0 Å². The molecule has 2 heterocycles. The van der Waals surface area contributed by atoms with E-state index in [0.29, 0.717) is 0 Å². The minimum Gasteiger partial charge on any atom is -0.192 e. The maximum Gasteiger partial charge on any atom is 0.101 e. The second kappa shape index (κ2) is 13.7. The molecule has 152 valence electrons. The van der Waals surface area contributed by atoms with Gasteiger partial charge in [-0.1, -0.05) is 64.7 Å². The van der Waals surface area contributed by atoms with Gasteiger partial charge in [-0.05, 0) is 74.5 Å². The van der Waals surface area contributed by atoms with Crippen LogP contribution in [0.15, 0.2) is 25.8 Å². The highest BCUT2D eigenvalue weighted by molar-refractivity contribution is 9.11. The van der Waals surface area contributed by atoms with Crippen LogP contribution in [0, 0.1) is 11.3 Å². The van der Waals surface area contributed by atoms with E-state index in [1.54, 1.807) is 22.7 Å². The van der Waals surface area contributed by atoms with Crippen LogP contribution in [0.2, 0.25) is 0 Å². The molecule has 2 aromatic rings. The second-order valence-corrected chi connectivity index (χ2v) is 12.0. The number of hydrogen-bond acceptors (Lipinski definition) is 3. The molecule has 5 heteroatoms. The van der Waals surface area contributed by atoms with Crippen LogP contribution in [0.5, 0.6) is 0 Å². The molecule has 2 aromatic heterocycles. The normalized spacial score (nSPS) is 11.7. The summed E-state index contributed by atoms with van der Waals surface area (Å²) in [5, 5.41) is 9.50. The molecule has 0 fully saturated rings. The molecule has 0 aliphatic heterocycles. The molecule has 0 spiro atoms. The fraction of sp³-hybridized carbons (Fsp3) is 0.522. The largest absolute Gasteiger partial charge is 0.192 e. The maximum absolute atomic E-state index is 9.50. The van der Waals surface area contributed by atoms with Gasteiger partial charge in [0.2, 0.25) is 0 Å². The molecule has 1 nitrogen and oxygen atoms in total. The number of aryl methyl sites for hydroxylation is 1. The first-order valence-electron chi connectivity index (χ1n) is 10.3. The standard InChI is InChI=1S/C23H29Br2NS2/c1-2-3-4-5-6-7-8-9-10-11-12-18-15-20(27-23(18)25)16-19(17-26)21-13-14-22(24)28-21/h13-16H,2-12H2,1H3/b19-16+. The van der Waals surface area contributed by atoms with Gasteiger partial charge in [0, 0.05) is 9.75 Å². The van der Waals surface area contributed by atoms with E-state index in [2.05, 4.69) is 50.9 Å². The predicted octanol–water partition coefficient (Wildman–Crippen LogP) is 9.86. The van der Waals surface area contributed by atoms with E-state index in [0.717, 1.165) is 25.5 Å². The highest BCUT2D eigenvalue weighted by atomic mass is 79.9. The Morgan fingerprint density at radius 2 is 1.61 bits per heavy atom. The van der Waals surface area contributed by atoms with Crippen molar-refractivity contribution in [3.63, 3.8) is 0 Å². The van der Waals surface area contributed by atoms with Gasteiger partial charge in [0.1, 0.15) is 6.07 Å². The number of allylic oxidation sites excluding steroid dienone is 1. The molecule has 0 aromatic carbocycles. The third kappa shape index (κ3) is 8.53. The van der Waals surface area contributed by atoms with Crippen molar-refractivity contribution in [3.05, 3.63) is 41.1 Å². The first-order chi connectivity index (χ1) is 13.6. The molecule has 0 aliphatic rings. The molecule has 0 bridgehead atoms. The van der Waals surface area contributed by atoms with Gasteiger partial charge in [0.15, 0.2) is 0 Å². The Labute approximate surface area is 195 Å². The summed E-state index contributed by atoms with van der Waals surface area (Å²) in [6.45, 7) is 2.27. The lowest BCUT2D eigenvalue weighted by atomic mass is 10.0. The molecule has 0 saturated carbocycles. The Hall–Kier alpha value is -0.410. The summed E-state index contributed by atoms with van der Waals surface area (Å²) in [6, 6.07) is 8.57. The van der Waals surface area contributed by atoms with Crippen LogP contribution in [0.4, 0.5) is 0 Å². The zero-order valence-corrected chi connectivity index (χ0v) is 21.4. The fourth-order valence-corrected chi connectivity index (χ4v) is 6.33. The highest BCUT2D eigenvalue weighted by Crippen LogP contribution is 2.34. The van der Waals surface area contributed by atoms with Crippen LogP contribution >= 0.6 is 54.5 Å². The number of hydrogen-bond donors (Lipinski definition) is 0. The van der Waals surface area contributed by atoms with Crippen LogP contribution in [-0.2, 0) is 6.42 Å². The number of nitrogens with zero attached hydrogens (tertiary/aromatic N) is 1. The molecule has 0 radical (unpaired) electrons. The van der Waals surface area contributed by atoms with Crippen molar-refractivity contribution in [3.8, 4) is 6.07 Å². The fourth-order valence-electron chi connectivity index (χ4n) is 3.23. The van der Waals surface area contributed by atoms with Crippen molar-refractivity contribution in [1.29, 1.82) is 5.26 Å². The molecule has 2 rings (SSSR count). The Balaban J connectivity index is 1.73. The molecular weight excluding hydrogens is 514 g/mol. The van der Waals surface area contributed by atoms with Gasteiger partial charge in [-0.15, -0.1) is 22.7 Å². The first kappa shape index (κ1) is 23.9. The van der Waals surface area contributed by atoms with E-state index in [1.165, 1.54) is 73.6 Å². The average Bonchev–Trinajstić information content (AvgIpc) is 3.26. The van der Waals surface area contributed by atoms with Gasteiger partial charge in [-0.25, -0.2) is 0 Å². The summed E-state index contributed by atoms with van der Waals surface area (Å²) in [5.41, 5.74) is 2.11. The third-order valence-electron chi connectivity index (χ3n) is 4.82. The van der Waals surface area contributed by atoms with Crippen LogP contribution < -0.4 is 0 Å². The Morgan fingerprint density at radius 1 is 0.964 bits per heavy atom. The Bertz CT molecular complexity index is 783. The summed E-state index contributed by atoms with van der Waals surface area (Å²) in [4.78, 5) is 2.16. The number of thiophene rings is 2. The van der Waals surface area contributed by atoms with Crippen LogP contribution in [0.1, 0.15) is 86.4 Å². The maximum atomic E-state index is 9.50. The molecular formula is C23H29Br2NS2.